The number of fused-ring (bicyclic) bond motifs is 1. The number of nitrogens with zero attached hydrogens (tertiary/aromatic N) is 6. The number of aromatic nitrogens is 5. The molecule has 0 radical (unpaired) electrons. The van der Waals surface area contributed by atoms with Gasteiger partial charge in [0.1, 0.15) is 12.0 Å². The fourth-order valence-corrected chi connectivity index (χ4v) is 2.27. The van der Waals surface area contributed by atoms with Crippen LogP contribution >= 0.6 is 11.6 Å². The summed E-state index contributed by atoms with van der Waals surface area (Å²) in [7, 11) is 0. The van der Waals surface area contributed by atoms with Gasteiger partial charge < -0.3 is 9.47 Å². The maximum atomic E-state index is 12.4. The summed E-state index contributed by atoms with van der Waals surface area (Å²) in [5.74, 6) is 0.609. The van der Waals surface area contributed by atoms with E-state index in [2.05, 4.69) is 20.2 Å². The Morgan fingerprint density at radius 3 is 3.00 bits per heavy atom. The van der Waals surface area contributed by atoms with Gasteiger partial charge in [-0.25, -0.2) is 9.97 Å². The van der Waals surface area contributed by atoms with Crippen LogP contribution in [0.3, 0.4) is 0 Å². The van der Waals surface area contributed by atoms with Gasteiger partial charge in [-0.15, -0.1) is 10.2 Å². The van der Waals surface area contributed by atoms with Crippen LogP contribution in [0.25, 0.3) is 0 Å². The zero-order valence-corrected chi connectivity index (χ0v) is 11.0. The number of rotatable bonds is 1. The second-order valence-corrected chi connectivity index (χ2v) is 4.67. The summed E-state index contributed by atoms with van der Waals surface area (Å²) in [4.78, 5) is 22.0. The Kier molecular flexibility index (Phi) is 2.90. The molecule has 0 spiro atoms. The second-order valence-electron chi connectivity index (χ2n) is 4.33. The van der Waals surface area contributed by atoms with Crippen molar-refractivity contribution in [1.82, 2.24) is 29.6 Å². The normalized spacial score (nSPS) is 14.3. The third-order valence-electron chi connectivity index (χ3n) is 2.97. The summed E-state index contributed by atoms with van der Waals surface area (Å²) in [5.41, 5.74) is 0.981. The molecule has 0 N–H and O–H groups in total. The molecule has 8 heteroatoms. The predicted octanol–water partition coefficient (Wildman–Crippen LogP) is 0.686. The van der Waals surface area contributed by atoms with Crippen LogP contribution in [-0.4, -0.2) is 42.1 Å². The molecule has 0 unspecified atom stereocenters. The molecule has 7 nitrogen and oxygen atoms in total. The number of amides is 1. The van der Waals surface area contributed by atoms with E-state index in [1.165, 1.54) is 0 Å². The number of halogens is 1. The standard InChI is InChI=1S/C11H11ClN6O/c1-7-4-8(15-11(12)14-7)10(19)17-2-3-18-6-13-16-9(18)5-17/h4,6H,2-3,5H2,1H3. The lowest BCUT2D eigenvalue weighted by Crippen LogP contribution is -2.38. The molecule has 0 saturated carbocycles. The molecule has 19 heavy (non-hydrogen) atoms. The Hall–Kier alpha value is -2.02. The van der Waals surface area contributed by atoms with Crippen molar-refractivity contribution in [1.29, 1.82) is 0 Å². The highest BCUT2D eigenvalue weighted by atomic mass is 35.5. The van der Waals surface area contributed by atoms with Crippen LogP contribution in [0.5, 0.6) is 0 Å². The first kappa shape index (κ1) is 12.0. The van der Waals surface area contributed by atoms with E-state index in [9.17, 15) is 4.79 Å². The van der Waals surface area contributed by atoms with E-state index in [1.807, 2.05) is 4.57 Å². The average Bonchev–Trinajstić information content (AvgIpc) is 2.83. The van der Waals surface area contributed by atoms with Crippen molar-refractivity contribution in [2.45, 2.75) is 20.0 Å². The molecule has 0 aliphatic carbocycles. The Morgan fingerprint density at radius 2 is 2.21 bits per heavy atom. The quantitative estimate of drug-likeness (QED) is 0.717. The minimum absolute atomic E-state index is 0.0866. The molecule has 98 valence electrons. The van der Waals surface area contributed by atoms with Crippen LogP contribution < -0.4 is 0 Å². The maximum Gasteiger partial charge on any atom is 0.273 e. The Bertz CT molecular complexity index is 620. The molecular weight excluding hydrogens is 268 g/mol. The van der Waals surface area contributed by atoms with Gasteiger partial charge in [-0.05, 0) is 24.6 Å². The summed E-state index contributed by atoms with van der Waals surface area (Å²) in [5, 5.41) is 7.89. The summed E-state index contributed by atoms with van der Waals surface area (Å²) in [6.45, 7) is 3.49. The lowest BCUT2D eigenvalue weighted by Gasteiger charge is -2.26. The summed E-state index contributed by atoms with van der Waals surface area (Å²) in [6.07, 6.45) is 1.67. The molecule has 3 heterocycles. The SMILES string of the molecule is Cc1cc(C(=O)N2CCn3cnnc3C2)nc(Cl)n1. The van der Waals surface area contributed by atoms with Crippen LogP contribution in [0.4, 0.5) is 0 Å². The van der Waals surface area contributed by atoms with E-state index in [0.717, 1.165) is 5.82 Å². The van der Waals surface area contributed by atoms with E-state index in [-0.39, 0.29) is 11.2 Å². The van der Waals surface area contributed by atoms with Crippen molar-refractivity contribution in [2.75, 3.05) is 6.54 Å². The van der Waals surface area contributed by atoms with Crippen molar-refractivity contribution < 1.29 is 4.79 Å². The number of hydrogen-bond acceptors (Lipinski definition) is 5. The molecule has 0 fully saturated rings. The molecule has 0 bridgehead atoms. The van der Waals surface area contributed by atoms with Crippen LogP contribution in [0.1, 0.15) is 22.0 Å². The molecule has 0 saturated heterocycles. The van der Waals surface area contributed by atoms with Gasteiger partial charge in [-0.3, -0.25) is 4.79 Å². The monoisotopic (exact) mass is 278 g/mol. The zero-order chi connectivity index (χ0) is 13.4. The third kappa shape index (κ3) is 2.28. The van der Waals surface area contributed by atoms with Crippen LogP contribution in [0.2, 0.25) is 5.28 Å². The van der Waals surface area contributed by atoms with Gasteiger partial charge in [0.05, 0.1) is 6.54 Å². The molecule has 0 atom stereocenters. The van der Waals surface area contributed by atoms with E-state index in [4.69, 9.17) is 11.6 Å². The van der Waals surface area contributed by atoms with E-state index >= 15 is 0 Å². The lowest BCUT2D eigenvalue weighted by molar-refractivity contribution is 0.0701. The third-order valence-corrected chi connectivity index (χ3v) is 3.14. The minimum Gasteiger partial charge on any atom is -0.328 e. The first-order valence-electron chi connectivity index (χ1n) is 5.80. The fourth-order valence-electron chi connectivity index (χ4n) is 2.04. The van der Waals surface area contributed by atoms with Gasteiger partial charge in [-0.2, -0.15) is 0 Å². The molecule has 2 aromatic rings. The van der Waals surface area contributed by atoms with E-state index in [1.54, 1.807) is 24.2 Å². The molecule has 1 amide bonds. The van der Waals surface area contributed by atoms with Crippen molar-refractivity contribution in [3.05, 3.63) is 34.9 Å². The second kappa shape index (κ2) is 4.58. The van der Waals surface area contributed by atoms with Gasteiger partial charge in [0.15, 0.2) is 5.82 Å². The Balaban J connectivity index is 1.85. The zero-order valence-electron chi connectivity index (χ0n) is 10.2. The van der Waals surface area contributed by atoms with Crippen LogP contribution in [-0.2, 0) is 13.1 Å². The average molecular weight is 279 g/mol. The highest BCUT2D eigenvalue weighted by Crippen LogP contribution is 2.14. The largest absolute Gasteiger partial charge is 0.328 e. The van der Waals surface area contributed by atoms with Gasteiger partial charge in [0.25, 0.3) is 5.91 Å². The fraction of sp³-hybridized carbons (Fsp3) is 0.364. The van der Waals surface area contributed by atoms with Crippen molar-refractivity contribution in [2.24, 2.45) is 0 Å². The van der Waals surface area contributed by atoms with Gasteiger partial charge in [0, 0.05) is 18.8 Å². The number of hydrogen-bond donors (Lipinski definition) is 0. The number of carbonyl (C=O) groups excluding carboxylic acids is 1. The Morgan fingerprint density at radius 1 is 1.37 bits per heavy atom. The van der Waals surface area contributed by atoms with Gasteiger partial charge >= 0.3 is 0 Å². The molecule has 2 aromatic heterocycles. The molecule has 0 aromatic carbocycles. The van der Waals surface area contributed by atoms with E-state index in [0.29, 0.717) is 31.0 Å². The Labute approximate surface area is 114 Å². The van der Waals surface area contributed by atoms with Crippen LogP contribution in [0.15, 0.2) is 12.4 Å². The van der Waals surface area contributed by atoms with Crippen molar-refractivity contribution in [3.8, 4) is 0 Å². The van der Waals surface area contributed by atoms with Crippen LogP contribution in [0, 0.1) is 6.92 Å². The maximum absolute atomic E-state index is 12.4. The van der Waals surface area contributed by atoms with Crippen molar-refractivity contribution in [3.63, 3.8) is 0 Å². The molecule has 3 rings (SSSR count). The highest BCUT2D eigenvalue weighted by molar-refractivity contribution is 6.28. The predicted molar refractivity (Wildman–Crippen MR) is 66.5 cm³/mol. The smallest absolute Gasteiger partial charge is 0.273 e. The number of carbonyl (C=O) groups is 1. The van der Waals surface area contributed by atoms with E-state index < -0.39 is 0 Å². The lowest BCUT2D eigenvalue weighted by atomic mass is 10.2. The van der Waals surface area contributed by atoms with Gasteiger partial charge in [0.2, 0.25) is 5.28 Å². The summed E-state index contributed by atoms with van der Waals surface area (Å²) < 4.78 is 1.93. The molecular formula is C11H11ClN6O. The molecule has 1 aliphatic heterocycles. The highest BCUT2D eigenvalue weighted by Gasteiger charge is 2.24. The molecule has 1 aliphatic rings. The minimum atomic E-state index is -0.165. The topological polar surface area (TPSA) is 76.8 Å². The summed E-state index contributed by atoms with van der Waals surface area (Å²) >= 11 is 5.78. The first-order chi connectivity index (χ1) is 9.13. The van der Waals surface area contributed by atoms with Gasteiger partial charge in [-0.1, -0.05) is 0 Å². The number of aryl methyl sites for hydroxylation is 1. The van der Waals surface area contributed by atoms with Crippen molar-refractivity contribution >= 4 is 17.5 Å². The first-order valence-corrected chi connectivity index (χ1v) is 6.18. The summed E-state index contributed by atoms with van der Waals surface area (Å²) in [6, 6.07) is 1.63.